The van der Waals surface area contributed by atoms with Crippen LogP contribution < -0.4 is 0 Å². The molecule has 0 radical (unpaired) electrons. The van der Waals surface area contributed by atoms with E-state index in [0.717, 1.165) is 17.7 Å². The maximum atomic E-state index is 13.3. The van der Waals surface area contributed by atoms with Crippen molar-refractivity contribution in [3.8, 4) is 0 Å². The van der Waals surface area contributed by atoms with E-state index in [2.05, 4.69) is 11.5 Å². The van der Waals surface area contributed by atoms with Crippen molar-refractivity contribution in [3.63, 3.8) is 0 Å². The van der Waals surface area contributed by atoms with Gasteiger partial charge in [0.2, 0.25) is 0 Å². The fourth-order valence-corrected chi connectivity index (χ4v) is 2.40. The second-order valence-electron chi connectivity index (χ2n) is 5.40. The predicted octanol–water partition coefficient (Wildman–Crippen LogP) is 3.75. The van der Waals surface area contributed by atoms with E-state index in [4.69, 9.17) is 4.42 Å². The molecule has 2 aromatic rings. The molecule has 1 aromatic heterocycles. The average Bonchev–Trinajstić information content (AvgIpc) is 2.98. The molecule has 0 saturated carbocycles. The van der Waals surface area contributed by atoms with Crippen LogP contribution in [0.4, 0.5) is 4.39 Å². The van der Waals surface area contributed by atoms with Crippen LogP contribution in [-0.4, -0.2) is 22.7 Å². The quantitative estimate of drug-likeness (QED) is 0.717. The van der Waals surface area contributed by atoms with Crippen LogP contribution in [0.15, 0.2) is 59.7 Å². The molecule has 4 heteroatoms. The summed E-state index contributed by atoms with van der Waals surface area (Å²) in [6.07, 6.45) is 4.43. The van der Waals surface area contributed by atoms with E-state index in [9.17, 15) is 9.50 Å². The van der Waals surface area contributed by atoms with Gasteiger partial charge in [-0.05, 0) is 42.7 Å². The molecule has 0 amide bonds. The molecule has 0 saturated heterocycles. The van der Waals surface area contributed by atoms with Gasteiger partial charge >= 0.3 is 0 Å². The number of furan rings is 1. The lowest BCUT2D eigenvalue weighted by molar-refractivity contribution is 0.0944. The maximum absolute atomic E-state index is 13.3. The third kappa shape index (κ3) is 5.47. The zero-order valence-corrected chi connectivity index (χ0v) is 12.6. The highest BCUT2D eigenvalue weighted by Crippen LogP contribution is 2.13. The summed E-state index contributed by atoms with van der Waals surface area (Å²) in [7, 11) is 0. The highest BCUT2D eigenvalue weighted by molar-refractivity contribution is 5.16. The number of rotatable bonds is 9. The van der Waals surface area contributed by atoms with Crippen LogP contribution in [0.25, 0.3) is 0 Å². The number of aliphatic hydroxyl groups is 1. The van der Waals surface area contributed by atoms with Gasteiger partial charge in [0.25, 0.3) is 0 Å². The third-order valence-electron chi connectivity index (χ3n) is 3.43. The van der Waals surface area contributed by atoms with Crippen LogP contribution in [0.1, 0.15) is 24.2 Å². The Bertz CT molecular complexity index is 568. The number of aliphatic hydroxyl groups excluding tert-OH is 1. The van der Waals surface area contributed by atoms with E-state index >= 15 is 0 Å². The molecule has 0 unspecified atom stereocenters. The van der Waals surface area contributed by atoms with Crippen molar-refractivity contribution < 1.29 is 13.9 Å². The summed E-state index contributed by atoms with van der Waals surface area (Å²) in [5.74, 6) is 0.579. The molecular weight excluding hydrogens is 281 g/mol. The second-order valence-corrected chi connectivity index (χ2v) is 5.40. The Morgan fingerprint density at radius 3 is 2.82 bits per heavy atom. The molecule has 1 atom stereocenters. The molecule has 3 nitrogen and oxygen atoms in total. The number of hydrogen-bond donors (Lipinski definition) is 1. The zero-order valence-electron chi connectivity index (χ0n) is 12.6. The van der Waals surface area contributed by atoms with Crippen molar-refractivity contribution in [2.45, 2.75) is 32.0 Å². The maximum Gasteiger partial charge on any atom is 0.123 e. The van der Waals surface area contributed by atoms with Gasteiger partial charge < -0.3 is 9.52 Å². The molecule has 0 aliphatic heterocycles. The Balaban J connectivity index is 2.01. The third-order valence-corrected chi connectivity index (χ3v) is 3.43. The van der Waals surface area contributed by atoms with Crippen LogP contribution >= 0.6 is 0 Å². The van der Waals surface area contributed by atoms with Crippen molar-refractivity contribution in [2.24, 2.45) is 0 Å². The van der Waals surface area contributed by atoms with Gasteiger partial charge in [-0.2, -0.15) is 0 Å². The standard InChI is InChI=1S/C18H22FNO2/c1-2-3-8-17(21)13-20(14-18-9-5-10-22-18)12-15-6-4-7-16(19)11-15/h2,4-7,9-11,17,21H,1,3,8,12-14H2/t17-/m0/s1. The molecule has 1 heterocycles. The van der Waals surface area contributed by atoms with E-state index in [1.807, 2.05) is 18.2 Å². The van der Waals surface area contributed by atoms with Gasteiger partial charge in [0.15, 0.2) is 0 Å². The molecule has 1 N–H and O–H groups in total. The van der Waals surface area contributed by atoms with E-state index in [0.29, 0.717) is 26.1 Å². The van der Waals surface area contributed by atoms with Crippen LogP contribution in [-0.2, 0) is 13.1 Å². The predicted molar refractivity (Wildman–Crippen MR) is 84.7 cm³/mol. The first-order valence-electron chi connectivity index (χ1n) is 7.45. The molecule has 1 aromatic carbocycles. The lowest BCUT2D eigenvalue weighted by Crippen LogP contribution is -2.31. The molecule has 118 valence electrons. The number of benzene rings is 1. The second kappa shape index (κ2) is 8.51. The van der Waals surface area contributed by atoms with Gasteiger partial charge in [0.1, 0.15) is 11.6 Å². The number of allylic oxidation sites excluding steroid dienone is 1. The van der Waals surface area contributed by atoms with Crippen molar-refractivity contribution in [1.82, 2.24) is 4.90 Å². The van der Waals surface area contributed by atoms with E-state index in [-0.39, 0.29) is 5.82 Å². The van der Waals surface area contributed by atoms with E-state index in [1.54, 1.807) is 18.4 Å². The van der Waals surface area contributed by atoms with Crippen LogP contribution in [0.3, 0.4) is 0 Å². The fourth-order valence-electron chi connectivity index (χ4n) is 2.40. The Hall–Kier alpha value is -1.91. The first-order chi connectivity index (χ1) is 10.7. The molecule has 0 bridgehead atoms. The van der Waals surface area contributed by atoms with Gasteiger partial charge in [-0.1, -0.05) is 18.2 Å². The minimum atomic E-state index is -0.443. The van der Waals surface area contributed by atoms with Crippen LogP contribution in [0, 0.1) is 5.82 Å². The molecule has 0 aliphatic carbocycles. The lowest BCUT2D eigenvalue weighted by atomic mass is 10.1. The topological polar surface area (TPSA) is 36.6 Å². The summed E-state index contributed by atoms with van der Waals surface area (Å²) >= 11 is 0. The number of halogens is 1. The van der Waals surface area contributed by atoms with Crippen molar-refractivity contribution in [3.05, 3.63) is 72.5 Å². The van der Waals surface area contributed by atoms with E-state index in [1.165, 1.54) is 12.1 Å². The van der Waals surface area contributed by atoms with Gasteiger partial charge in [0.05, 0.1) is 18.9 Å². The Kier molecular flexibility index (Phi) is 6.37. The van der Waals surface area contributed by atoms with Crippen molar-refractivity contribution in [1.29, 1.82) is 0 Å². The Morgan fingerprint density at radius 2 is 2.14 bits per heavy atom. The average molecular weight is 303 g/mol. The SMILES string of the molecule is C=CCC[C@H](O)CN(Cc1cccc(F)c1)Cc1ccco1. The van der Waals surface area contributed by atoms with Crippen LogP contribution in [0.5, 0.6) is 0 Å². The highest BCUT2D eigenvalue weighted by atomic mass is 19.1. The highest BCUT2D eigenvalue weighted by Gasteiger charge is 2.14. The van der Waals surface area contributed by atoms with E-state index < -0.39 is 6.10 Å². The number of hydrogen-bond acceptors (Lipinski definition) is 3. The normalized spacial score (nSPS) is 12.5. The minimum Gasteiger partial charge on any atom is -0.468 e. The summed E-state index contributed by atoms with van der Waals surface area (Å²) < 4.78 is 18.7. The summed E-state index contributed by atoms with van der Waals surface area (Å²) in [6, 6.07) is 10.3. The first-order valence-corrected chi connectivity index (χ1v) is 7.45. The van der Waals surface area contributed by atoms with Crippen molar-refractivity contribution in [2.75, 3.05) is 6.54 Å². The molecule has 0 fully saturated rings. The molecular formula is C18H22FNO2. The first kappa shape index (κ1) is 16.5. The molecule has 0 aliphatic rings. The Labute approximate surface area is 130 Å². The lowest BCUT2D eigenvalue weighted by Gasteiger charge is -2.24. The van der Waals surface area contributed by atoms with Crippen molar-refractivity contribution >= 4 is 0 Å². The summed E-state index contributed by atoms with van der Waals surface area (Å²) in [4.78, 5) is 2.06. The number of nitrogens with zero attached hydrogens (tertiary/aromatic N) is 1. The molecule has 22 heavy (non-hydrogen) atoms. The monoisotopic (exact) mass is 303 g/mol. The van der Waals surface area contributed by atoms with Gasteiger partial charge in [0, 0.05) is 13.1 Å². The summed E-state index contributed by atoms with van der Waals surface area (Å²) in [5.41, 5.74) is 0.877. The fraction of sp³-hybridized carbons (Fsp3) is 0.333. The van der Waals surface area contributed by atoms with Gasteiger partial charge in [-0.25, -0.2) is 4.39 Å². The molecule has 2 rings (SSSR count). The smallest absolute Gasteiger partial charge is 0.123 e. The van der Waals surface area contributed by atoms with Gasteiger partial charge in [-0.3, -0.25) is 4.90 Å². The van der Waals surface area contributed by atoms with Crippen LogP contribution in [0.2, 0.25) is 0 Å². The largest absolute Gasteiger partial charge is 0.468 e. The van der Waals surface area contributed by atoms with Gasteiger partial charge in [-0.15, -0.1) is 6.58 Å². The minimum absolute atomic E-state index is 0.248. The summed E-state index contributed by atoms with van der Waals surface area (Å²) in [5, 5.41) is 10.1. The molecule has 0 spiro atoms. The Morgan fingerprint density at radius 1 is 1.27 bits per heavy atom. The summed E-state index contributed by atoms with van der Waals surface area (Å²) in [6.45, 7) is 5.31. The zero-order chi connectivity index (χ0) is 15.8.